The summed E-state index contributed by atoms with van der Waals surface area (Å²) in [6.45, 7) is 3.28. The predicted molar refractivity (Wildman–Crippen MR) is 86.3 cm³/mol. The molecule has 0 spiro atoms. The van der Waals surface area contributed by atoms with Crippen LogP contribution in [0.15, 0.2) is 23.1 Å². The number of nitrogens with zero attached hydrogens (tertiary/aromatic N) is 1. The summed E-state index contributed by atoms with van der Waals surface area (Å²) in [6, 6.07) is 3.23. The van der Waals surface area contributed by atoms with E-state index in [0.717, 1.165) is 23.9 Å². The molecular weight excluding hydrogens is 357 g/mol. The molecular formula is C16H17F3N2O3S. The number of alkyl halides is 3. The summed E-state index contributed by atoms with van der Waals surface area (Å²) < 4.78 is 43.7. The number of morpholine rings is 1. The highest BCUT2D eigenvalue weighted by molar-refractivity contribution is 8.01. The van der Waals surface area contributed by atoms with Crippen molar-refractivity contribution in [3.05, 3.63) is 23.8 Å². The molecule has 2 atom stereocenters. The fourth-order valence-corrected chi connectivity index (χ4v) is 3.88. The van der Waals surface area contributed by atoms with Gasteiger partial charge < -0.3 is 15.0 Å². The Balaban J connectivity index is 1.69. The van der Waals surface area contributed by atoms with Crippen molar-refractivity contribution in [2.24, 2.45) is 0 Å². The van der Waals surface area contributed by atoms with E-state index in [4.69, 9.17) is 4.74 Å². The highest BCUT2D eigenvalue weighted by Crippen LogP contribution is 2.40. The molecule has 1 saturated heterocycles. The van der Waals surface area contributed by atoms with Gasteiger partial charge in [-0.3, -0.25) is 9.59 Å². The lowest BCUT2D eigenvalue weighted by molar-refractivity contribution is -0.139. The normalized spacial score (nSPS) is 23.8. The SMILES string of the molecule is C[C@H]1CN(C(=O)C[C@@H]2Sc3ccc(C(F)(F)F)cc3NC2=O)CCO1. The average molecular weight is 374 g/mol. The van der Waals surface area contributed by atoms with Crippen LogP contribution in [0.5, 0.6) is 0 Å². The third-order valence-corrected chi connectivity index (χ3v) is 5.36. The molecule has 25 heavy (non-hydrogen) atoms. The van der Waals surface area contributed by atoms with Crippen molar-refractivity contribution in [3.63, 3.8) is 0 Å². The van der Waals surface area contributed by atoms with Gasteiger partial charge in [-0.25, -0.2) is 0 Å². The molecule has 136 valence electrons. The second kappa shape index (κ2) is 6.87. The van der Waals surface area contributed by atoms with Crippen LogP contribution in [0.3, 0.4) is 0 Å². The zero-order valence-electron chi connectivity index (χ0n) is 13.4. The summed E-state index contributed by atoms with van der Waals surface area (Å²) in [6.07, 6.45) is -4.51. The number of nitrogens with one attached hydrogen (secondary N) is 1. The monoisotopic (exact) mass is 374 g/mol. The average Bonchev–Trinajstić information content (AvgIpc) is 2.54. The summed E-state index contributed by atoms with van der Waals surface area (Å²) in [5.74, 6) is -0.607. The van der Waals surface area contributed by atoms with Crippen LogP contribution in [0.25, 0.3) is 0 Å². The molecule has 1 aromatic rings. The number of fused-ring (bicyclic) bond motifs is 1. The minimum absolute atomic E-state index is 0.00365. The molecule has 0 unspecified atom stereocenters. The second-order valence-electron chi connectivity index (χ2n) is 6.03. The first-order valence-electron chi connectivity index (χ1n) is 7.82. The van der Waals surface area contributed by atoms with E-state index < -0.39 is 22.9 Å². The number of ether oxygens (including phenoxy) is 1. The fourth-order valence-electron chi connectivity index (χ4n) is 2.79. The largest absolute Gasteiger partial charge is 0.416 e. The third kappa shape index (κ3) is 4.09. The van der Waals surface area contributed by atoms with E-state index >= 15 is 0 Å². The number of anilines is 1. The molecule has 1 N–H and O–H groups in total. The molecule has 0 aliphatic carbocycles. The number of amides is 2. The molecule has 0 radical (unpaired) electrons. The number of hydrogen-bond acceptors (Lipinski definition) is 4. The minimum atomic E-state index is -4.47. The Hall–Kier alpha value is -1.74. The van der Waals surface area contributed by atoms with Gasteiger partial charge in [-0.15, -0.1) is 11.8 Å². The van der Waals surface area contributed by atoms with Crippen LogP contribution in [0.2, 0.25) is 0 Å². The topological polar surface area (TPSA) is 58.6 Å². The number of carbonyl (C=O) groups excluding carboxylic acids is 2. The van der Waals surface area contributed by atoms with Crippen molar-refractivity contribution < 1.29 is 27.5 Å². The zero-order valence-corrected chi connectivity index (χ0v) is 14.2. The molecule has 2 heterocycles. The molecule has 0 aromatic heterocycles. The molecule has 1 aromatic carbocycles. The lowest BCUT2D eigenvalue weighted by atomic mass is 10.1. The van der Waals surface area contributed by atoms with Gasteiger partial charge >= 0.3 is 6.18 Å². The minimum Gasteiger partial charge on any atom is -0.375 e. The highest BCUT2D eigenvalue weighted by atomic mass is 32.2. The van der Waals surface area contributed by atoms with Gasteiger partial charge in [0.1, 0.15) is 0 Å². The van der Waals surface area contributed by atoms with Crippen LogP contribution >= 0.6 is 11.8 Å². The Kier molecular flexibility index (Phi) is 4.97. The van der Waals surface area contributed by atoms with Crippen molar-refractivity contribution in [3.8, 4) is 0 Å². The molecule has 9 heteroatoms. The van der Waals surface area contributed by atoms with E-state index in [2.05, 4.69) is 5.32 Å². The lowest BCUT2D eigenvalue weighted by Crippen LogP contribution is -2.46. The van der Waals surface area contributed by atoms with E-state index in [-0.39, 0.29) is 24.1 Å². The maximum atomic E-state index is 12.8. The van der Waals surface area contributed by atoms with Crippen LogP contribution in [0.1, 0.15) is 18.9 Å². The number of halogens is 3. The molecule has 5 nitrogen and oxygen atoms in total. The van der Waals surface area contributed by atoms with Gasteiger partial charge in [-0.1, -0.05) is 0 Å². The maximum Gasteiger partial charge on any atom is 0.416 e. The molecule has 2 aliphatic heterocycles. The van der Waals surface area contributed by atoms with Crippen molar-refractivity contribution in [1.82, 2.24) is 4.90 Å². The number of thioether (sulfide) groups is 1. The van der Waals surface area contributed by atoms with Gasteiger partial charge in [0.25, 0.3) is 0 Å². The molecule has 3 rings (SSSR count). The van der Waals surface area contributed by atoms with Crippen LogP contribution in [0, 0.1) is 0 Å². The van der Waals surface area contributed by atoms with Crippen molar-refractivity contribution in [2.45, 2.75) is 35.8 Å². The van der Waals surface area contributed by atoms with E-state index in [0.29, 0.717) is 24.6 Å². The van der Waals surface area contributed by atoms with Gasteiger partial charge in [0.05, 0.1) is 29.2 Å². The molecule has 0 bridgehead atoms. The van der Waals surface area contributed by atoms with E-state index in [1.807, 2.05) is 6.92 Å². The van der Waals surface area contributed by atoms with Crippen molar-refractivity contribution in [1.29, 1.82) is 0 Å². The second-order valence-corrected chi connectivity index (χ2v) is 7.27. The maximum absolute atomic E-state index is 12.8. The van der Waals surface area contributed by atoms with E-state index in [1.165, 1.54) is 6.07 Å². The zero-order chi connectivity index (χ0) is 18.2. The molecule has 1 fully saturated rings. The lowest BCUT2D eigenvalue weighted by Gasteiger charge is -2.32. The summed E-state index contributed by atoms with van der Waals surface area (Å²) in [4.78, 5) is 26.8. The van der Waals surface area contributed by atoms with Crippen LogP contribution in [-0.2, 0) is 20.5 Å². The first-order valence-corrected chi connectivity index (χ1v) is 8.70. The Labute approximate surface area is 146 Å². The van der Waals surface area contributed by atoms with Crippen LogP contribution < -0.4 is 5.32 Å². The Morgan fingerprint density at radius 3 is 2.88 bits per heavy atom. The number of rotatable bonds is 2. The van der Waals surface area contributed by atoms with Gasteiger partial charge in [0.2, 0.25) is 11.8 Å². The summed E-state index contributed by atoms with van der Waals surface area (Å²) in [5, 5.41) is 1.83. The van der Waals surface area contributed by atoms with Gasteiger partial charge in [0.15, 0.2) is 0 Å². The quantitative estimate of drug-likeness (QED) is 0.865. The van der Waals surface area contributed by atoms with Gasteiger partial charge in [0, 0.05) is 24.4 Å². The van der Waals surface area contributed by atoms with E-state index in [1.54, 1.807) is 4.90 Å². The fraction of sp³-hybridized carbons (Fsp3) is 0.500. The van der Waals surface area contributed by atoms with Gasteiger partial charge in [-0.2, -0.15) is 13.2 Å². The first kappa shape index (κ1) is 18.1. The summed E-state index contributed by atoms with van der Waals surface area (Å²) in [7, 11) is 0. The Morgan fingerprint density at radius 2 is 2.20 bits per heavy atom. The highest BCUT2D eigenvalue weighted by Gasteiger charge is 2.35. The summed E-state index contributed by atoms with van der Waals surface area (Å²) >= 11 is 1.12. The molecule has 0 saturated carbocycles. The smallest absolute Gasteiger partial charge is 0.375 e. The van der Waals surface area contributed by atoms with Crippen molar-refractivity contribution in [2.75, 3.05) is 25.0 Å². The standard InChI is InChI=1S/C16H17F3N2O3S/c1-9-8-21(4-5-24-9)14(22)7-13-15(23)20-11-6-10(16(17,18)19)2-3-12(11)25-13/h2-3,6,9,13H,4-5,7-8H2,1H3,(H,20,23)/t9-,13-/m0/s1. The number of hydrogen-bond donors (Lipinski definition) is 1. The predicted octanol–water partition coefficient (Wildman–Crippen LogP) is 2.76. The van der Waals surface area contributed by atoms with Crippen LogP contribution in [-0.4, -0.2) is 47.8 Å². The third-order valence-electron chi connectivity index (χ3n) is 4.08. The Morgan fingerprint density at radius 1 is 1.44 bits per heavy atom. The summed E-state index contributed by atoms with van der Waals surface area (Å²) in [5.41, 5.74) is -0.683. The van der Waals surface area contributed by atoms with Crippen LogP contribution in [0.4, 0.5) is 18.9 Å². The number of benzene rings is 1. The van der Waals surface area contributed by atoms with E-state index in [9.17, 15) is 22.8 Å². The van der Waals surface area contributed by atoms with Crippen molar-refractivity contribution >= 4 is 29.3 Å². The Bertz CT molecular complexity index is 696. The first-order chi connectivity index (χ1) is 11.7. The molecule has 2 amide bonds. The van der Waals surface area contributed by atoms with Gasteiger partial charge in [-0.05, 0) is 25.1 Å². The molecule has 2 aliphatic rings. The number of carbonyl (C=O) groups is 2.